The van der Waals surface area contributed by atoms with Crippen LogP contribution in [0.5, 0.6) is 0 Å². The van der Waals surface area contributed by atoms with Crippen molar-refractivity contribution in [2.75, 3.05) is 0 Å². The Morgan fingerprint density at radius 3 is 2.60 bits per heavy atom. The van der Waals surface area contributed by atoms with Crippen LogP contribution in [0, 0.1) is 3.70 Å². The van der Waals surface area contributed by atoms with Gasteiger partial charge in [0, 0.05) is 0 Å². The summed E-state index contributed by atoms with van der Waals surface area (Å²) in [7, 11) is 0. The summed E-state index contributed by atoms with van der Waals surface area (Å²) in [4.78, 5) is 12.9. The van der Waals surface area contributed by atoms with Crippen molar-refractivity contribution in [2.24, 2.45) is 0 Å². The molecule has 0 radical (unpaired) electrons. The maximum Gasteiger partial charge on any atom is 0.352 e. The fraction of sp³-hybridized carbons (Fsp3) is 0. The molecular weight excluding hydrogens is 268 g/mol. The van der Waals surface area contributed by atoms with Crippen molar-refractivity contribution in [2.45, 2.75) is 0 Å². The van der Waals surface area contributed by atoms with E-state index < -0.39 is 5.97 Å². The number of aromatic amines is 1. The van der Waals surface area contributed by atoms with E-state index in [-0.39, 0.29) is 5.69 Å². The van der Waals surface area contributed by atoms with Crippen molar-refractivity contribution in [3.63, 3.8) is 0 Å². The van der Waals surface area contributed by atoms with Gasteiger partial charge in [-0.05, 0) is 28.7 Å². The van der Waals surface area contributed by atoms with Gasteiger partial charge in [0.25, 0.3) is 0 Å². The van der Waals surface area contributed by atoms with E-state index in [0.29, 0.717) is 8.72 Å². The average molecular weight is 271 g/mol. The fourth-order valence-electron chi connectivity index (χ4n) is 0.519. The molecule has 1 rings (SSSR count). The Bertz CT molecular complexity index is 251. The van der Waals surface area contributed by atoms with Crippen LogP contribution in [0.4, 0.5) is 0 Å². The fourth-order valence-corrected chi connectivity index (χ4v) is 1.12. The molecule has 5 heteroatoms. The third-order valence-corrected chi connectivity index (χ3v) is 2.42. The normalized spacial score (nSPS) is 9.80. The highest BCUT2D eigenvalue weighted by atomic mass is 127. The minimum absolute atomic E-state index is 0.120. The van der Waals surface area contributed by atoms with Gasteiger partial charge < -0.3 is 10.1 Å². The Morgan fingerprint density at radius 1 is 1.80 bits per heavy atom. The van der Waals surface area contributed by atoms with Crippen LogP contribution in [-0.4, -0.2) is 16.1 Å². The lowest BCUT2D eigenvalue weighted by molar-refractivity contribution is 0.0691. The van der Waals surface area contributed by atoms with Gasteiger partial charge in [0.1, 0.15) is 5.69 Å². The van der Waals surface area contributed by atoms with Crippen molar-refractivity contribution < 1.29 is 9.90 Å². The number of nitrogens with one attached hydrogen (secondary N) is 1. The number of carboxylic acid groups (broad SMARTS) is 1. The number of carboxylic acids is 1. The maximum absolute atomic E-state index is 10.3. The van der Waals surface area contributed by atoms with E-state index in [2.05, 4.69) is 4.98 Å². The Kier molecular flexibility index (Phi) is 2.20. The molecule has 10 heavy (non-hydrogen) atoms. The largest absolute Gasteiger partial charge is 0.477 e. The lowest BCUT2D eigenvalue weighted by atomic mass is 10.4. The van der Waals surface area contributed by atoms with E-state index in [1.54, 1.807) is 0 Å². The quantitative estimate of drug-likeness (QED) is 0.767. The van der Waals surface area contributed by atoms with Gasteiger partial charge in [-0.15, -0.1) is 0 Å². The van der Waals surface area contributed by atoms with Crippen molar-refractivity contribution in [3.8, 4) is 0 Å². The van der Waals surface area contributed by atoms with Crippen LogP contribution in [0.2, 0.25) is 5.02 Å². The predicted octanol–water partition coefficient (Wildman–Crippen LogP) is 1.97. The second-order valence-corrected chi connectivity index (χ2v) is 3.14. The van der Waals surface area contributed by atoms with Gasteiger partial charge in [-0.1, -0.05) is 11.6 Å². The Labute approximate surface area is 75.5 Å². The second kappa shape index (κ2) is 2.79. The summed E-state index contributed by atoms with van der Waals surface area (Å²) < 4.78 is 0.650. The molecule has 0 bridgehead atoms. The van der Waals surface area contributed by atoms with E-state index in [1.165, 1.54) is 6.07 Å². The highest BCUT2D eigenvalue weighted by molar-refractivity contribution is 14.1. The Morgan fingerprint density at radius 2 is 2.40 bits per heavy atom. The van der Waals surface area contributed by atoms with Gasteiger partial charge in [0.05, 0.1) is 8.72 Å². The molecule has 54 valence electrons. The van der Waals surface area contributed by atoms with Gasteiger partial charge in [-0.25, -0.2) is 4.79 Å². The van der Waals surface area contributed by atoms with Crippen molar-refractivity contribution >= 4 is 40.2 Å². The van der Waals surface area contributed by atoms with Crippen LogP contribution >= 0.6 is 34.2 Å². The molecular formula is C5H3ClINO2. The third kappa shape index (κ3) is 1.43. The Hall–Kier alpha value is -0.230. The summed E-state index contributed by atoms with van der Waals surface area (Å²) in [6.45, 7) is 0. The zero-order valence-electron chi connectivity index (χ0n) is 4.69. The first-order chi connectivity index (χ1) is 4.61. The number of carbonyl (C=O) groups is 1. The van der Waals surface area contributed by atoms with Gasteiger partial charge in [0.15, 0.2) is 0 Å². The molecule has 0 saturated carbocycles. The molecule has 0 aliphatic carbocycles. The van der Waals surface area contributed by atoms with E-state index in [9.17, 15) is 4.79 Å². The minimum Gasteiger partial charge on any atom is -0.477 e. The van der Waals surface area contributed by atoms with Crippen LogP contribution in [0.15, 0.2) is 6.07 Å². The van der Waals surface area contributed by atoms with E-state index in [1.807, 2.05) is 22.6 Å². The topological polar surface area (TPSA) is 53.1 Å². The standard InChI is InChI=1S/C5H3ClINO2/c6-2-1-3(5(9)10)8-4(2)7/h1,8H,(H,9,10). The maximum atomic E-state index is 10.3. The number of aromatic carboxylic acids is 1. The zero-order chi connectivity index (χ0) is 7.72. The first-order valence-electron chi connectivity index (χ1n) is 2.38. The molecule has 3 nitrogen and oxygen atoms in total. The van der Waals surface area contributed by atoms with Gasteiger partial charge in [0.2, 0.25) is 0 Å². The summed E-state index contributed by atoms with van der Waals surface area (Å²) in [6.07, 6.45) is 0. The first kappa shape index (κ1) is 7.87. The van der Waals surface area contributed by atoms with Crippen LogP contribution < -0.4 is 0 Å². The summed E-state index contributed by atoms with van der Waals surface area (Å²) in [5, 5.41) is 8.87. The molecule has 0 fully saturated rings. The molecule has 0 aromatic carbocycles. The van der Waals surface area contributed by atoms with Crippen LogP contribution in [0.25, 0.3) is 0 Å². The molecule has 0 aliphatic rings. The van der Waals surface area contributed by atoms with Gasteiger partial charge in [-0.2, -0.15) is 0 Å². The monoisotopic (exact) mass is 271 g/mol. The number of aromatic nitrogens is 1. The SMILES string of the molecule is O=C(O)c1cc(Cl)c(I)[nH]1. The molecule has 1 heterocycles. The lowest BCUT2D eigenvalue weighted by Crippen LogP contribution is -1.95. The number of halogens is 2. The number of hydrogen-bond acceptors (Lipinski definition) is 1. The van der Waals surface area contributed by atoms with E-state index in [0.717, 1.165) is 0 Å². The summed E-state index contributed by atoms with van der Waals surface area (Å²) in [5.41, 5.74) is 0.120. The van der Waals surface area contributed by atoms with Crippen LogP contribution in [0.1, 0.15) is 10.5 Å². The molecule has 0 atom stereocenters. The smallest absolute Gasteiger partial charge is 0.352 e. The molecule has 0 saturated heterocycles. The lowest BCUT2D eigenvalue weighted by Gasteiger charge is -1.82. The molecule has 0 spiro atoms. The van der Waals surface area contributed by atoms with Crippen molar-refractivity contribution in [3.05, 3.63) is 20.5 Å². The zero-order valence-corrected chi connectivity index (χ0v) is 7.60. The molecule has 0 unspecified atom stereocenters. The van der Waals surface area contributed by atoms with Gasteiger partial charge in [-0.3, -0.25) is 0 Å². The molecule has 0 aliphatic heterocycles. The number of rotatable bonds is 1. The summed E-state index contributed by atoms with van der Waals surface area (Å²) in [6, 6.07) is 1.38. The first-order valence-corrected chi connectivity index (χ1v) is 3.84. The number of hydrogen-bond donors (Lipinski definition) is 2. The van der Waals surface area contributed by atoms with Crippen molar-refractivity contribution in [1.29, 1.82) is 0 Å². The molecule has 2 N–H and O–H groups in total. The summed E-state index contributed by atoms with van der Waals surface area (Å²) >= 11 is 7.50. The van der Waals surface area contributed by atoms with Crippen LogP contribution in [0.3, 0.4) is 0 Å². The second-order valence-electron chi connectivity index (χ2n) is 1.65. The Balaban J connectivity index is 3.10. The van der Waals surface area contributed by atoms with E-state index in [4.69, 9.17) is 16.7 Å². The van der Waals surface area contributed by atoms with Crippen molar-refractivity contribution in [1.82, 2.24) is 4.98 Å². The van der Waals surface area contributed by atoms with Crippen LogP contribution in [-0.2, 0) is 0 Å². The molecule has 1 aromatic rings. The highest BCUT2D eigenvalue weighted by Gasteiger charge is 2.08. The number of H-pyrrole nitrogens is 1. The third-order valence-electron chi connectivity index (χ3n) is 0.956. The highest BCUT2D eigenvalue weighted by Crippen LogP contribution is 2.18. The summed E-state index contributed by atoms with van der Waals surface area (Å²) in [5.74, 6) is -0.996. The average Bonchev–Trinajstić information content (AvgIpc) is 2.13. The minimum atomic E-state index is -0.996. The van der Waals surface area contributed by atoms with Gasteiger partial charge >= 0.3 is 5.97 Å². The van der Waals surface area contributed by atoms with E-state index >= 15 is 0 Å². The predicted molar refractivity (Wildman–Crippen MR) is 45.5 cm³/mol. The molecule has 0 amide bonds. The molecule has 1 aromatic heterocycles.